The second-order valence-corrected chi connectivity index (χ2v) is 8.46. The molecule has 0 saturated heterocycles. The standard InChI is InChI=1S/C21H19F2N7OS/c1-31-15-5-4-14(18(22)19(15)23)30-21(27-28-29-30)13-7-12(9-26-20(13)24)16-8-11-3-2-6-25-10-17(11)32-16/h4-5,7-9,25H,2-3,6,10H2,1H3,(H2,24,26). The average molecular weight is 455 g/mol. The van der Waals surface area contributed by atoms with Crippen molar-refractivity contribution in [2.75, 3.05) is 19.4 Å². The quantitative estimate of drug-likeness (QED) is 0.486. The van der Waals surface area contributed by atoms with Crippen LogP contribution in [0.2, 0.25) is 0 Å². The third-order valence-electron chi connectivity index (χ3n) is 5.37. The number of aryl methyl sites for hydroxylation is 1. The summed E-state index contributed by atoms with van der Waals surface area (Å²) in [5.41, 5.74) is 8.56. The average Bonchev–Trinajstić information content (AvgIpc) is 3.38. The minimum atomic E-state index is -1.13. The number of hydrogen-bond acceptors (Lipinski definition) is 8. The van der Waals surface area contributed by atoms with E-state index in [1.807, 2.05) is 6.07 Å². The van der Waals surface area contributed by atoms with Gasteiger partial charge in [0.1, 0.15) is 11.5 Å². The van der Waals surface area contributed by atoms with Crippen molar-refractivity contribution in [3.05, 3.63) is 52.5 Å². The van der Waals surface area contributed by atoms with Crippen LogP contribution >= 0.6 is 11.3 Å². The van der Waals surface area contributed by atoms with Crippen LogP contribution in [0.25, 0.3) is 27.5 Å². The summed E-state index contributed by atoms with van der Waals surface area (Å²) in [4.78, 5) is 6.66. The fraction of sp³-hybridized carbons (Fsp3) is 0.238. The van der Waals surface area contributed by atoms with E-state index in [2.05, 4.69) is 31.9 Å². The van der Waals surface area contributed by atoms with Crippen LogP contribution in [0, 0.1) is 11.6 Å². The van der Waals surface area contributed by atoms with Crippen LogP contribution in [0.1, 0.15) is 16.9 Å². The Kier molecular flexibility index (Phi) is 5.27. The number of pyridine rings is 1. The van der Waals surface area contributed by atoms with Crippen LogP contribution in [0.4, 0.5) is 14.6 Å². The van der Waals surface area contributed by atoms with Gasteiger partial charge in [0.25, 0.3) is 0 Å². The molecule has 3 N–H and O–H groups in total. The lowest BCUT2D eigenvalue weighted by Gasteiger charge is -2.10. The lowest BCUT2D eigenvalue weighted by atomic mass is 10.1. The summed E-state index contributed by atoms with van der Waals surface area (Å²) < 4.78 is 34.9. The first-order valence-electron chi connectivity index (χ1n) is 9.96. The summed E-state index contributed by atoms with van der Waals surface area (Å²) in [7, 11) is 1.26. The Morgan fingerprint density at radius 2 is 2.09 bits per heavy atom. The zero-order chi connectivity index (χ0) is 22.2. The molecular weight excluding hydrogens is 436 g/mol. The first-order valence-corrected chi connectivity index (χ1v) is 10.8. The van der Waals surface area contributed by atoms with Crippen molar-refractivity contribution >= 4 is 17.2 Å². The summed E-state index contributed by atoms with van der Waals surface area (Å²) >= 11 is 1.70. The van der Waals surface area contributed by atoms with Gasteiger partial charge in [-0.25, -0.2) is 9.37 Å². The zero-order valence-electron chi connectivity index (χ0n) is 17.1. The summed E-state index contributed by atoms with van der Waals surface area (Å²) in [6, 6.07) is 6.64. The molecule has 0 bridgehead atoms. The van der Waals surface area contributed by atoms with Crippen LogP contribution in [0.15, 0.2) is 30.5 Å². The van der Waals surface area contributed by atoms with E-state index in [1.54, 1.807) is 17.5 Å². The monoisotopic (exact) mass is 455 g/mol. The van der Waals surface area contributed by atoms with Crippen LogP contribution in [0.3, 0.4) is 0 Å². The fourth-order valence-corrected chi connectivity index (χ4v) is 4.89. The molecule has 32 heavy (non-hydrogen) atoms. The number of tetrazole rings is 1. The van der Waals surface area contributed by atoms with E-state index < -0.39 is 11.6 Å². The molecule has 0 spiro atoms. The number of benzene rings is 1. The molecule has 0 aliphatic carbocycles. The number of thiophene rings is 1. The van der Waals surface area contributed by atoms with Crippen molar-refractivity contribution in [3.8, 4) is 33.3 Å². The number of methoxy groups -OCH3 is 1. The van der Waals surface area contributed by atoms with E-state index in [9.17, 15) is 8.78 Å². The lowest BCUT2D eigenvalue weighted by Crippen LogP contribution is -2.11. The van der Waals surface area contributed by atoms with E-state index in [0.29, 0.717) is 5.56 Å². The summed E-state index contributed by atoms with van der Waals surface area (Å²) in [5.74, 6) is -2.13. The highest BCUT2D eigenvalue weighted by atomic mass is 32.1. The number of nitrogens with zero attached hydrogens (tertiary/aromatic N) is 5. The predicted octanol–water partition coefficient (Wildman–Crippen LogP) is 3.36. The van der Waals surface area contributed by atoms with Gasteiger partial charge < -0.3 is 15.8 Å². The summed E-state index contributed by atoms with van der Waals surface area (Å²) in [5, 5.41) is 14.9. The third-order valence-corrected chi connectivity index (χ3v) is 6.60. The lowest BCUT2D eigenvalue weighted by molar-refractivity contribution is 0.371. The number of aromatic nitrogens is 5. The zero-order valence-corrected chi connectivity index (χ0v) is 17.9. The third kappa shape index (κ3) is 3.49. The Bertz CT molecular complexity index is 1280. The molecule has 11 heteroatoms. The number of fused-ring (bicyclic) bond motifs is 1. The smallest absolute Gasteiger partial charge is 0.202 e. The Morgan fingerprint density at radius 3 is 2.94 bits per heavy atom. The second-order valence-electron chi connectivity index (χ2n) is 7.33. The number of nitrogen functional groups attached to an aromatic ring is 1. The fourth-order valence-electron chi connectivity index (χ4n) is 3.72. The van der Waals surface area contributed by atoms with Gasteiger partial charge in [-0.05, 0) is 59.6 Å². The number of nitrogens with two attached hydrogens (primary N) is 1. The number of nitrogens with one attached hydrogen (secondary N) is 1. The highest BCUT2D eigenvalue weighted by molar-refractivity contribution is 7.15. The van der Waals surface area contributed by atoms with Crippen molar-refractivity contribution in [3.63, 3.8) is 0 Å². The molecule has 0 amide bonds. The summed E-state index contributed by atoms with van der Waals surface area (Å²) in [6.07, 6.45) is 3.81. The van der Waals surface area contributed by atoms with Crippen molar-refractivity contribution in [1.29, 1.82) is 0 Å². The highest BCUT2D eigenvalue weighted by Gasteiger charge is 2.22. The molecule has 0 radical (unpaired) electrons. The van der Waals surface area contributed by atoms with E-state index >= 15 is 0 Å². The number of halogens is 2. The van der Waals surface area contributed by atoms with Gasteiger partial charge in [0.15, 0.2) is 17.4 Å². The Morgan fingerprint density at radius 1 is 1.22 bits per heavy atom. The molecule has 0 unspecified atom stereocenters. The van der Waals surface area contributed by atoms with Gasteiger partial charge in [0.2, 0.25) is 5.82 Å². The van der Waals surface area contributed by atoms with Crippen molar-refractivity contribution in [2.45, 2.75) is 19.4 Å². The maximum absolute atomic E-state index is 14.7. The minimum Gasteiger partial charge on any atom is -0.494 e. The number of ether oxygens (including phenoxy) is 1. The van der Waals surface area contributed by atoms with E-state index in [-0.39, 0.29) is 23.1 Å². The Hall–Kier alpha value is -3.44. The van der Waals surface area contributed by atoms with E-state index in [0.717, 1.165) is 41.1 Å². The molecule has 4 heterocycles. The van der Waals surface area contributed by atoms with Gasteiger partial charge >= 0.3 is 0 Å². The number of hydrogen-bond donors (Lipinski definition) is 2. The summed E-state index contributed by atoms with van der Waals surface area (Å²) in [6.45, 7) is 1.85. The molecule has 1 aliphatic rings. The van der Waals surface area contributed by atoms with Gasteiger partial charge in [-0.15, -0.1) is 16.4 Å². The van der Waals surface area contributed by atoms with Crippen molar-refractivity contribution in [2.24, 2.45) is 0 Å². The van der Waals surface area contributed by atoms with Gasteiger partial charge in [-0.2, -0.15) is 9.07 Å². The first kappa shape index (κ1) is 20.5. The highest BCUT2D eigenvalue weighted by Crippen LogP contribution is 2.36. The van der Waals surface area contributed by atoms with Gasteiger partial charge in [-0.1, -0.05) is 0 Å². The Labute approximate surface area is 186 Å². The normalized spacial score (nSPS) is 13.6. The van der Waals surface area contributed by atoms with Crippen molar-refractivity contribution in [1.82, 2.24) is 30.5 Å². The molecule has 5 rings (SSSR count). The maximum atomic E-state index is 14.7. The molecule has 1 aliphatic heterocycles. The van der Waals surface area contributed by atoms with E-state index in [1.165, 1.54) is 29.7 Å². The molecule has 4 aromatic rings. The molecule has 0 fully saturated rings. The second kappa shape index (κ2) is 8.24. The SMILES string of the molecule is COc1ccc(-n2nnnc2-c2cc(-c3cc4c(s3)CNCCC4)cnc2N)c(F)c1F. The predicted molar refractivity (Wildman–Crippen MR) is 117 cm³/mol. The van der Waals surface area contributed by atoms with E-state index in [4.69, 9.17) is 10.5 Å². The molecular formula is C21H19F2N7OS. The topological polar surface area (TPSA) is 104 Å². The van der Waals surface area contributed by atoms with Gasteiger partial charge in [0.05, 0.1) is 12.7 Å². The van der Waals surface area contributed by atoms with Crippen LogP contribution in [0.5, 0.6) is 5.75 Å². The molecule has 1 aromatic carbocycles. The number of anilines is 1. The van der Waals surface area contributed by atoms with Gasteiger partial charge in [-0.3, -0.25) is 0 Å². The largest absolute Gasteiger partial charge is 0.494 e. The molecule has 0 atom stereocenters. The van der Waals surface area contributed by atoms with Gasteiger partial charge in [0, 0.05) is 28.1 Å². The molecule has 164 valence electrons. The number of rotatable bonds is 4. The van der Waals surface area contributed by atoms with Crippen LogP contribution in [-0.4, -0.2) is 38.8 Å². The Balaban J connectivity index is 1.58. The minimum absolute atomic E-state index is 0.153. The molecule has 3 aromatic heterocycles. The molecule has 8 nitrogen and oxygen atoms in total. The van der Waals surface area contributed by atoms with Crippen LogP contribution in [-0.2, 0) is 13.0 Å². The first-order chi connectivity index (χ1) is 15.6. The maximum Gasteiger partial charge on any atom is 0.202 e. The van der Waals surface area contributed by atoms with Crippen LogP contribution < -0.4 is 15.8 Å². The molecule has 0 saturated carbocycles. The van der Waals surface area contributed by atoms with Crippen molar-refractivity contribution < 1.29 is 13.5 Å².